The van der Waals surface area contributed by atoms with Crippen LogP contribution in [0.4, 0.5) is 16.2 Å². The number of nitrogens with zero attached hydrogens (tertiary/aromatic N) is 1. The number of anilines is 2. The standard InChI is InChI=1S/C29H26ClN3O6/c1-4-38-24-15-19(13-21-27(35)32-29(37)33(28(21)36)20-8-6-5-7-9-20)14-22(30)26(24)39-16-25(34)31-23-11-10-17(2)12-18(23)3/h5-15H,4,16H2,1-3H3,(H,31,34)(H,32,35,37)/b21-13-. The Labute approximate surface area is 230 Å². The lowest BCUT2D eigenvalue weighted by molar-refractivity contribution is -0.122. The van der Waals surface area contributed by atoms with E-state index in [1.807, 2.05) is 32.0 Å². The van der Waals surface area contributed by atoms with Crippen LogP contribution in [0.2, 0.25) is 5.02 Å². The quantitative estimate of drug-likeness (QED) is 0.302. The van der Waals surface area contributed by atoms with Gasteiger partial charge in [0.15, 0.2) is 18.1 Å². The van der Waals surface area contributed by atoms with Crippen molar-refractivity contribution in [1.82, 2.24) is 5.32 Å². The van der Waals surface area contributed by atoms with Crippen molar-refractivity contribution in [3.8, 4) is 11.5 Å². The number of urea groups is 1. The van der Waals surface area contributed by atoms with E-state index in [2.05, 4.69) is 10.6 Å². The molecule has 0 unspecified atom stereocenters. The van der Waals surface area contributed by atoms with Gasteiger partial charge < -0.3 is 14.8 Å². The number of amides is 5. The molecule has 2 N–H and O–H groups in total. The van der Waals surface area contributed by atoms with Gasteiger partial charge in [0.05, 0.1) is 17.3 Å². The van der Waals surface area contributed by atoms with Crippen LogP contribution in [0, 0.1) is 13.8 Å². The number of hydrogen-bond acceptors (Lipinski definition) is 6. The fourth-order valence-corrected chi connectivity index (χ4v) is 4.26. The maximum absolute atomic E-state index is 13.1. The highest BCUT2D eigenvalue weighted by molar-refractivity contribution is 6.39. The molecule has 10 heteroatoms. The van der Waals surface area contributed by atoms with Gasteiger partial charge in [0.1, 0.15) is 5.57 Å². The molecule has 0 radical (unpaired) electrons. The minimum atomic E-state index is -0.843. The Morgan fingerprint density at radius 3 is 2.46 bits per heavy atom. The molecule has 1 aliphatic rings. The molecule has 0 spiro atoms. The molecule has 0 aliphatic carbocycles. The minimum Gasteiger partial charge on any atom is -0.490 e. The fraction of sp³-hybridized carbons (Fsp3) is 0.172. The van der Waals surface area contributed by atoms with Gasteiger partial charge in [0, 0.05) is 5.69 Å². The van der Waals surface area contributed by atoms with E-state index >= 15 is 0 Å². The van der Waals surface area contributed by atoms with E-state index in [9.17, 15) is 19.2 Å². The van der Waals surface area contributed by atoms with Crippen LogP contribution in [-0.2, 0) is 14.4 Å². The van der Waals surface area contributed by atoms with E-state index in [1.165, 1.54) is 18.2 Å². The topological polar surface area (TPSA) is 114 Å². The molecule has 5 amide bonds. The minimum absolute atomic E-state index is 0.103. The highest BCUT2D eigenvalue weighted by Crippen LogP contribution is 2.37. The first-order valence-electron chi connectivity index (χ1n) is 12.1. The first kappa shape index (κ1) is 27.4. The summed E-state index contributed by atoms with van der Waals surface area (Å²) in [5, 5.41) is 5.09. The number of carbonyl (C=O) groups excluding carboxylic acids is 4. The molecule has 1 aliphatic heterocycles. The van der Waals surface area contributed by atoms with Gasteiger partial charge >= 0.3 is 6.03 Å². The Morgan fingerprint density at radius 2 is 1.77 bits per heavy atom. The number of hydrogen-bond donors (Lipinski definition) is 2. The van der Waals surface area contributed by atoms with E-state index in [-0.39, 0.29) is 41.2 Å². The van der Waals surface area contributed by atoms with Crippen molar-refractivity contribution >= 4 is 52.8 Å². The zero-order chi connectivity index (χ0) is 28.1. The molecule has 1 fully saturated rings. The second-order valence-electron chi connectivity index (χ2n) is 8.71. The van der Waals surface area contributed by atoms with Gasteiger partial charge in [-0.25, -0.2) is 9.69 Å². The summed E-state index contributed by atoms with van der Waals surface area (Å²) in [6.07, 6.45) is 1.31. The summed E-state index contributed by atoms with van der Waals surface area (Å²) in [6.45, 7) is 5.55. The Balaban J connectivity index is 1.57. The first-order chi connectivity index (χ1) is 18.7. The summed E-state index contributed by atoms with van der Waals surface area (Å²) in [4.78, 5) is 51.5. The number of imide groups is 2. The van der Waals surface area contributed by atoms with Gasteiger partial charge in [0.25, 0.3) is 17.7 Å². The van der Waals surface area contributed by atoms with Crippen LogP contribution >= 0.6 is 11.6 Å². The van der Waals surface area contributed by atoms with Crippen molar-refractivity contribution in [3.63, 3.8) is 0 Å². The van der Waals surface area contributed by atoms with Crippen LogP contribution in [0.3, 0.4) is 0 Å². The third kappa shape index (κ3) is 6.27. The van der Waals surface area contributed by atoms with Crippen molar-refractivity contribution in [2.45, 2.75) is 20.8 Å². The molecular weight excluding hydrogens is 522 g/mol. The van der Waals surface area contributed by atoms with Crippen LogP contribution < -0.4 is 25.0 Å². The monoisotopic (exact) mass is 547 g/mol. The molecule has 39 heavy (non-hydrogen) atoms. The highest BCUT2D eigenvalue weighted by atomic mass is 35.5. The summed E-state index contributed by atoms with van der Waals surface area (Å²) in [6, 6.07) is 16.1. The zero-order valence-electron chi connectivity index (χ0n) is 21.5. The van der Waals surface area contributed by atoms with Gasteiger partial charge in [-0.1, -0.05) is 47.5 Å². The predicted molar refractivity (Wildman–Crippen MR) is 148 cm³/mol. The molecule has 9 nitrogen and oxygen atoms in total. The van der Waals surface area contributed by atoms with Crippen LogP contribution in [0.25, 0.3) is 6.08 Å². The van der Waals surface area contributed by atoms with Crippen LogP contribution in [-0.4, -0.2) is 37.0 Å². The van der Waals surface area contributed by atoms with Crippen molar-refractivity contribution in [2.75, 3.05) is 23.4 Å². The summed E-state index contributed by atoms with van der Waals surface area (Å²) in [5.41, 5.74) is 3.08. The average molecular weight is 548 g/mol. The lowest BCUT2D eigenvalue weighted by atomic mass is 10.1. The number of halogens is 1. The number of aryl methyl sites for hydroxylation is 2. The number of benzene rings is 3. The number of para-hydroxylation sites is 1. The molecule has 3 aromatic carbocycles. The van der Waals surface area contributed by atoms with Gasteiger partial charge in [-0.05, 0) is 68.3 Å². The zero-order valence-corrected chi connectivity index (χ0v) is 22.3. The number of rotatable bonds is 8. The van der Waals surface area contributed by atoms with E-state index < -0.39 is 17.8 Å². The maximum Gasteiger partial charge on any atom is 0.335 e. The Bertz CT molecular complexity index is 1490. The van der Waals surface area contributed by atoms with Gasteiger partial charge in [-0.2, -0.15) is 0 Å². The molecule has 1 saturated heterocycles. The van der Waals surface area contributed by atoms with Crippen molar-refractivity contribution in [1.29, 1.82) is 0 Å². The van der Waals surface area contributed by atoms with E-state index in [1.54, 1.807) is 37.3 Å². The third-order valence-corrected chi connectivity index (χ3v) is 6.04. The number of nitrogens with one attached hydrogen (secondary N) is 2. The predicted octanol–water partition coefficient (Wildman–Crippen LogP) is 5.04. The van der Waals surface area contributed by atoms with E-state index in [0.717, 1.165) is 16.0 Å². The second-order valence-corrected chi connectivity index (χ2v) is 9.12. The number of barbiturate groups is 1. The molecule has 3 aromatic rings. The number of ether oxygens (including phenoxy) is 2. The van der Waals surface area contributed by atoms with Crippen molar-refractivity contribution in [2.24, 2.45) is 0 Å². The molecular formula is C29H26ClN3O6. The normalized spacial score (nSPS) is 14.3. The Morgan fingerprint density at radius 1 is 1.03 bits per heavy atom. The van der Waals surface area contributed by atoms with Crippen LogP contribution in [0.15, 0.2) is 66.2 Å². The molecule has 1 heterocycles. The molecule has 0 bridgehead atoms. The van der Waals surface area contributed by atoms with E-state index in [4.69, 9.17) is 21.1 Å². The van der Waals surface area contributed by atoms with E-state index in [0.29, 0.717) is 16.9 Å². The number of carbonyl (C=O) groups is 4. The van der Waals surface area contributed by atoms with Crippen LogP contribution in [0.5, 0.6) is 11.5 Å². The SMILES string of the molecule is CCOc1cc(/C=C2/C(=O)NC(=O)N(c3ccccc3)C2=O)cc(Cl)c1OCC(=O)Nc1ccc(C)cc1C. The van der Waals surface area contributed by atoms with Crippen LogP contribution in [0.1, 0.15) is 23.6 Å². The Hall–Kier alpha value is -4.63. The lowest BCUT2D eigenvalue weighted by Crippen LogP contribution is -2.54. The molecule has 0 atom stereocenters. The molecule has 200 valence electrons. The first-order valence-corrected chi connectivity index (χ1v) is 12.5. The summed E-state index contributed by atoms with van der Waals surface area (Å²) in [5.74, 6) is -1.66. The molecule has 0 saturated carbocycles. The smallest absolute Gasteiger partial charge is 0.335 e. The van der Waals surface area contributed by atoms with Gasteiger partial charge in [-0.15, -0.1) is 0 Å². The summed E-state index contributed by atoms with van der Waals surface area (Å²) >= 11 is 6.48. The third-order valence-electron chi connectivity index (χ3n) is 5.76. The molecule has 0 aromatic heterocycles. The fourth-order valence-electron chi connectivity index (χ4n) is 3.99. The van der Waals surface area contributed by atoms with Gasteiger partial charge in [0.2, 0.25) is 0 Å². The second kappa shape index (κ2) is 11.8. The summed E-state index contributed by atoms with van der Waals surface area (Å²) < 4.78 is 11.4. The van der Waals surface area contributed by atoms with Crippen molar-refractivity contribution in [3.05, 3.63) is 87.9 Å². The largest absolute Gasteiger partial charge is 0.490 e. The maximum atomic E-state index is 13.1. The highest BCUT2D eigenvalue weighted by Gasteiger charge is 2.36. The lowest BCUT2D eigenvalue weighted by Gasteiger charge is -2.26. The Kier molecular flexibility index (Phi) is 8.31. The summed E-state index contributed by atoms with van der Waals surface area (Å²) in [7, 11) is 0. The van der Waals surface area contributed by atoms with Gasteiger partial charge in [-0.3, -0.25) is 19.7 Å². The average Bonchev–Trinajstić information content (AvgIpc) is 2.88. The molecule has 4 rings (SSSR count). The van der Waals surface area contributed by atoms with Crippen molar-refractivity contribution < 1.29 is 28.7 Å².